The molecule has 0 radical (unpaired) electrons. The Labute approximate surface area is 152 Å². The van der Waals surface area contributed by atoms with Crippen molar-refractivity contribution in [3.8, 4) is 5.88 Å². The number of carbonyl (C=O) groups is 1. The third kappa shape index (κ3) is 3.43. The zero-order chi connectivity index (χ0) is 18.4. The Morgan fingerprint density at radius 1 is 1.36 bits per heavy atom. The maximum Gasteiger partial charge on any atom is 0.279 e. The molecule has 0 spiro atoms. The Kier molecular flexibility index (Phi) is 4.62. The van der Waals surface area contributed by atoms with Crippen LogP contribution in [-0.2, 0) is 27.9 Å². The molecule has 1 aliphatic rings. The molecule has 0 fully saturated rings. The molecule has 2 heterocycles. The molecule has 0 aliphatic carbocycles. The Morgan fingerprint density at radius 2 is 2.08 bits per heavy atom. The SMILES string of the molecule is CCc1ccc2c(c1)=C(c1sc(=S)n(CCS(=O)(=O)O)c1O)C(=O)N=2. The standard InChI is InChI=1S/C15H14N2O5S3/c1-2-8-3-4-10-9(7-8)11(13(18)16-10)12-14(19)17(15(23)24-12)5-6-25(20,21)22/h3-4,7,19H,2,5-6H2,1H3,(H,20,21,22). The molecule has 10 heteroatoms. The monoisotopic (exact) mass is 398 g/mol. The van der Waals surface area contributed by atoms with E-state index in [4.69, 9.17) is 16.8 Å². The molecule has 25 heavy (non-hydrogen) atoms. The van der Waals surface area contributed by atoms with Gasteiger partial charge in [0.1, 0.15) is 4.88 Å². The van der Waals surface area contributed by atoms with Gasteiger partial charge < -0.3 is 5.11 Å². The molecule has 0 atom stereocenters. The summed E-state index contributed by atoms with van der Waals surface area (Å²) in [4.78, 5) is 16.6. The van der Waals surface area contributed by atoms with Gasteiger partial charge in [-0.2, -0.15) is 8.42 Å². The zero-order valence-electron chi connectivity index (χ0n) is 13.1. The number of aromatic nitrogens is 1. The highest BCUT2D eigenvalue weighted by Gasteiger charge is 2.25. The molecule has 0 saturated carbocycles. The van der Waals surface area contributed by atoms with E-state index in [1.165, 1.54) is 4.57 Å². The summed E-state index contributed by atoms with van der Waals surface area (Å²) in [6, 6.07) is 5.49. The number of amides is 1. The van der Waals surface area contributed by atoms with E-state index in [0.717, 1.165) is 23.3 Å². The zero-order valence-corrected chi connectivity index (χ0v) is 15.5. The van der Waals surface area contributed by atoms with E-state index in [9.17, 15) is 18.3 Å². The molecule has 0 saturated heterocycles. The summed E-state index contributed by atoms with van der Waals surface area (Å²) in [6.07, 6.45) is 0.784. The predicted octanol–water partition coefficient (Wildman–Crippen LogP) is 0.794. The van der Waals surface area contributed by atoms with Crippen LogP contribution in [0.3, 0.4) is 0 Å². The van der Waals surface area contributed by atoms with Crippen molar-refractivity contribution in [3.63, 3.8) is 0 Å². The van der Waals surface area contributed by atoms with E-state index in [2.05, 4.69) is 4.99 Å². The number of aryl methyl sites for hydroxylation is 1. The van der Waals surface area contributed by atoms with Crippen molar-refractivity contribution in [2.75, 3.05) is 5.75 Å². The van der Waals surface area contributed by atoms with Gasteiger partial charge >= 0.3 is 0 Å². The smallest absolute Gasteiger partial charge is 0.279 e. The minimum absolute atomic E-state index is 0.205. The maximum absolute atomic E-state index is 12.3. The van der Waals surface area contributed by atoms with Crippen molar-refractivity contribution in [3.05, 3.63) is 43.2 Å². The first kappa shape index (κ1) is 17.9. The minimum Gasteiger partial charge on any atom is -0.493 e. The van der Waals surface area contributed by atoms with E-state index >= 15 is 0 Å². The van der Waals surface area contributed by atoms with Crippen molar-refractivity contribution >= 4 is 45.2 Å². The van der Waals surface area contributed by atoms with Gasteiger partial charge in [0.25, 0.3) is 16.0 Å². The summed E-state index contributed by atoms with van der Waals surface area (Å²) in [5.74, 6) is -1.36. The summed E-state index contributed by atoms with van der Waals surface area (Å²) in [6.45, 7) is 1.78. The lowest BCUT2D eigenvalue weighted by Gasteiger charge is -2.04. The molecule has 3 rings (SSSR count). The van der Waals surface area contributed by atoms with Crippen LogP contribution in [0.4, 0.5) is 0 Å². The molecule has 0 unspecified atom stereocenters. The lowest BCUT2D eigenvalue weighted by Crippen LogP contribution is -2.23. The summed E-state index contributed by atoms with van der Waals surface area (Å²) < 4.78 is 32.1. The van der Waals surface area contributed by atoms with E-state index in [1.807, 2.05) is 19.1 Å². The molecular weight excluding hydrogens is 384 g/mol. The van der Waals surface area contributed by atoms with Gasteiger partial charge in [-0.1, -0.05) is 13.0 Å². The van der Waals surface area contributed by atoms with Gasteiger partial charge in [0, 0.05) is 11.8 Å². The number of thiazole rings is 1. The lowest BCUT2D eigenvalue weighted by molar-refractivity contribution is -0.112. The van der Waals surface area contributed by atoms with Crippen molar-refractivity contribution in [1.82, 2.24) is 4.57 Å². The summed E-state index contributed by atoms with van der Waals surface area (Å²) >= 11 is 6.16. The molecule has 1 aromatic heterocycles. The molecular formula is C15H14N2O5S3. The van der Waals surface area contributed by atoms with Crippen LogP contribution in [0.25, 0.3) is 5.57 Å². The summed E-state index contributed by atoms with van der Waals surface area (Å²) in [5, 5.41) is 11.6. The molecule has 0 bridgehead atoms. The number of carbonyl (C=O) groups excluding carboxylic acids is 1. The Balaban J connectivity index is 2.18. The fourth-order valence-electron chi connectivity index (χ4n) is 2.56. The Hall–Kier alpha value is -1.88. The molecule has 7 nitrogen and oxygen atoms in total. The van der Waals surface area contributed by atoms with Crippen LogP contribution >= 0.6 is 23.6 Å². The second-order valence-corrected chi connectivity index (χ2v) is 8.67. The molecule has 2 N–H and O–H groups in total. The van der Waals surface area contributed by atoms with E-state index in [-0.39, 0.29) is 26.8 Å². The first-order valence-corrected chi connectivity index (χ1v) is 10.2. The number of aromatic hydroxyl groups is 1. The van der Waals surface area contributed by atoms with Gasteiger partial charge in [-0.3, -0.25) is 13.9 Å². The predicted molar refractivity (Wildman–Crippen MR) is 95.3 cm³/mol. The van der Waals surface area contributed by atoms with Gasteiger partial charge in [-0.25, -0.2) is 4.99 Å². The first-order valence-electron chi connectivity index (χ1n) is 7.35. The van der Waals surface area contributed by atoms with E-state index < -0.39 is 21.8 Å². The fraction of sp³-hybridized carbons (Fsp3) is 0.267. The third-order valence-electron chi connectivity index (χ3n) is 3.84. The minimum atomic E-state index is -4.20. The highest BCUT2D eigenvalue weighted by molar-refractivity contribution is 7.85. The second-order valence-electron chi connectivity index (χ2n) is 5.46. The van der Waals surface area contributed by atoms with Gasteiger partial charge in [0.15, 0.2) is 3.95 Å². The molecule has 1 aliphatic heterocycles. The average molecular weight is 398 g/mol. The fourth-order valence-corrected chi connectivity index (χ4v) is 4.37. The lowest BCUT2D eigenvalue weighted by atomic mass is 10.1. The first-order chi connectivity index (χ1) is 11.7. The van der Waals surface area contributed by atoms with Crippen LogP contribution in [-0.4, -0.2) is 34.3 Å². The van der Waals surface area contributed by atoms with Crippen molar-refractivity contribution in [2.45, 2.75) is 19.9 Å². The number of rotatable bonds is 5. The van der Waals surface area contributed by atoms with Crippen molar-refractivity contribution < 1.29 is 22.9 Å². The Morgan fingerprint density at radius 3 is 2.72 bits per heavy atom. The largest absolute Gasteiger partial charge is 0.493 e. The number of hydrogen-bond donors (Lipinski definition) is 2. The summed E-state index contributed by atoms with van der Waals surface area (Å²) in [5.41, 5.74) is 1.28. The van der Waals surface area contributed by atoms with Crippen LogP contribution < -0.4 is 10.6 Å². The number of nitrogens with zero attached hydrogens (tertiary/aromatic N) is 2. The number of hydrogen-bond acceptors (Lipinski definition) is 6. The van der Waals surface area contributed by atoms with Crippen LogP contribution in [0.15, 0.2) is 23.2 Å². The van der Waals surface area contributed by atoms with Gasteiger partial charge in [-0.15, -0.1) is 11.3 Å². The van der Waals surface area contributed by atoms with Gasteiger partial charge in [-0.05, 0) is 36.3 Å². The maximum atomic E-state index is 12.3. The van der Waals surface area contributed by atoms with Crippen molar-refractivity contribution in [2.24, 2.45) is 4.99 Å². The van der Waals surface area contributed by atoms with E-state index in [1.54, 1.807) is 6.07 Å². The highest BCUT2D eigenvalue weighted by atomic mass is 32.2. The summed E-state index contributed by atoms with van der Waals surface area (Å²) in [7, 11) is -4.20. The average Bonchev–Trinajstić information content (AvgIpc) is 2.99. The normalized spacial score (nSPS) is 13.8. The molecule has 2 aromatic rings. The van der Waals surface area contributed by atoms with Crippen LogP contribution in [0.2, 0.25) is 0 Å². The Bertz CT molecular complexity index is 1160. The van der Waals surface area contributed by atoms with Crippen LogP contribution in [0.5, 0.6) is 5.88 Å². The topological polar surface area (TPSA) is 109 Å². The van der Waals surface area contributed by atoms with Gasteiger partial charge in [0.2, 0.25) is 5.88 Å². The highest BCUT2D eigenvalue weighted by Crippen LogP contribution is 2.32. The van der Waals surface area contributed by atoms with Gasteiger partial charge in [0.05, 0.1) is 16.7 Å². The number of fused-ring (bicyclic) bond motifs is 1. The van der Waals surface area contributed by atoms with Crippen molar-refractivity contribution in [1.29, 1.82) is 0 Å². The van der Waals surface area contributed by atoms with Crippen LogP contribution in [0, 0.1) is 3.95 Å². The molecule has 1 aromatic carbocycles. The molecule has 1 amide bonds. The third-order valence-corrected chi connectivity index (χ3v) is 6.00. The quantitative estimate of drug-likeness (QED) is 0.569. The second kappa shape index (κ2) is 6.45. The van der Waals surface area contributed by atoms with E-state index in [0.29, 0.717) is 10.6 Å². The van der Waals surface area contributed by atoms with Crippen LogP contribution in [0.1, 0.15) is 17.4 Å². The number of benzene rings is 1. The molecule has 132 valence electrons.